The smallest absolute Gasteiger partial charge is 0.232 e. The molecule has 1 aromatic heterocycles. The number of tetrazole rings is 1. The maximum Gasteiger partial charge on any atom is 0.232 e. The number of nitrogens with zero attached hydrogens (tertiary/aromatic N) is 5. The van der Waals surface area contributed by atoms with Gasteiger partial charge >= 0.3 is 0 Å². The van der Waals surface area contributed by atoms with E-state index >= 15 is 0 Å². The highest BCUT2D eigenvalue weighted by molar-refractivity contribution is 7.99. The molecule has 0 spiro atoms. The van der Waals surface area contributed by atoms with Crippen LogP contribution in [0.2, 0.25) is 0 Å². The number of aromatic nitrogens is 4. The van der Waals surface area contributed by atoms with Crippen LogP contribution in [0.1, 0.15) is 15.9 Å². The lowest BCUT2D eigenvalue weighted by atomic mass is 10.1. The van der Waals surface area contributed by atoms with E-state index in [0.29, 0.717) is 29.4 Å². The second kappa shape index (κ2) is 5.93. The average molecular weight is 353 g/mol. The summed E-state index contributed by atoms with van der Waals surface area (Å²) in [4.78, 5) is 12.3. The Morgan fingerprint density at radius 2 is 2.17 bits per heavy atom. The summed E-state index contributed by atoms with van der Waals surface area (Å²) >= 11 is 1.27. The maximum atomic E-state index is 12.3. The molecule has 3 rings (SSSR count). The number of carbonyl (C=O) groups is 1. The second-order valence-electron chi connectivity index (χ2n) is 5.23. The first-order valence-electron chi connectivity index (χ1n) is 6.85. The van der Waals surface area contributed by atoms with E-state index in [1.54, 1.807) is 25.2 Å². The molecular weight excluding hydrogens is 338 g/mol. The Kier molecular flexibility index (Phi) is 4.11. The highest BCUT2D eigenvalue weighted by atomic mass is 32.2. The van der Waals surface area contributed by atoms with Gasteiger partial charge in [0.15, 0.2) is 5.78 Å². The van der Waals surface area contributed by atoms with Crippen LogP contribution >= 0.6 is 11.8 Å². The van der Waals surface area contributed by atoms with Crippen molar-refractivity contribution >= 4 is 33.3 Å². The Hall–Kier alpha value is -1.94. The summed E-state index contributed by atoms with van der Waals surface area (Å²) in [5, 5.41) is 11.6. The highest BCUT2D eigenvalue weighted by Gasteiger charge is 2.26. The van der Waals surface area contributed by atoms with E-state index in [9.17, 15) is 13.2 Å². The highest BCUT2D eigenvalue weighted by Crippen LogP contribution is 2.31. The molecular formula is C13H15N5O3S2. The summed E-state index contributed by atoms with van der Waals surface area (Å²) in [6.07, 6.45) is 1.80. The fourth-order valence-corrected chi connectivity index (χ4v) is 4.15. The van der Waals surface area contributed by atoms with Gasteiger partial charge in [0.2, 0.25) is 15.2 Å². The number of Topliss-reactive ketones (excluding diaryl/α,β-unsaturated/α-hetero) is 1. The summed E-state index contributed by atoms with van der Waals surface area (Å²) in [5.41, 5.74) is 2.11. The first-order valence-corrected chi connectivity index (χ1v) is 9.68. The quantitative estimate of drug-likeness (QED) is 0.570. The molecule has 0 radical (unpaired) electrons. The number of fused-ring (bicyclic) bond motifs is 1. The number of thioether (sulfide) groups is 1. The van der Waals surface area contributed by atoms with E-state index in [1.165, 1.54) is 27.0 Å². The minimum atomic E-state index is -3.27. The molecule has 10 heteroatoms. The van der Waals surface area contributed by atoms with Crippen LogP contribution in [0, 0.1) is 0 Å². The number of carbonyl (C=O) groups excluding carboxylic acids is 1. The van der Waals surface area contributed by atoms with E-state index in [2.05, 4.69) is 15.5 Å². The zero-order valence-corrected chi connectivity index (χ0v) is 14.3. The molecule has 0 amide bonds. The van der Waals surface area contributed by atoms with Gasteiger partial charge in [0.25, 0.3) is 0 Å². The first-order chi connectivity index (χ1) is 10.9. The summed E-state index contributed by atoms with van der Waals surface area (Å²) in [6, 6.07) is 5.14. The van der Waals surface area contributed by atoms with Crippen molar-refractivity contribution in [1.82, 2.24) is 20.2 Å². The fourth-order valence-electron chi connectivity index (χ4n) is 2.45. The van der Waals surface area contributed by atoms with E-state index in [1.807, 2.05) is 0 Å². The third-order valence-electron chi connectivity index (χ3n) is 3.57. The van der Waals surface area contributed by atoms with Gasteiger partial charge in [0.05, 0.1) is 17.7 Å². The topological polar surface area (TPSA) is 98.1 Å². The van der Waals surface area contributed by atoms with Crippen molar-refractivity contribution in [2.45, 2.75) is 11.6 Å². The van der Waals surface area contributed by atoms with Crippen molar-refractivity contribution in [3.63, 3.8) is 0 Å². The first kappa shape index (κ1) is 15.9. The van der Waals surface area contributed by atoms with Gasteiger partial charge < -0.3 is 0 Å². The molecule has 2 heterocycles. The Morgan fingerprint density at radius 1 is 1.39 bits per heavy atom. The van der Waals surface area contributed by atoms with Gasteiger partial charge in [-0.05, 0) is 40.6 Å². The van der Waals surface area contributed by atoms with Crippen LogP contribution in [0.15, 0.2) is 23.4 Å². The SMILES string of the molecule is Cn1nnnc1SCC(=O)c1ccc2c(c1)CCN2S(C)(=O)=O. The predicted molar refractivity (Wildman–Crippen MR) is 86.2 cm³/mol. The largest absolute Gasteiger partial charge is 0.293 e. The van der Waals surface area contributed by atoms with E-state index < -0.39 is 10.0 Å². The normalized spacial score (nSPS) is 14.1. The van der Waals surface area contributed by atoms with Crippen LogP contribution in [0.5, 0.6) is 0 Å². The third kappa shape index (κ3) is 3.22. The zero-order chi connectivity index (χ0) is 16.6. The number of aryl methyl sites for hydroxylation is 1. The lowest BCUT2D eigenvalue weighted by Gasteiger charge is -2.16. The van der Waals surface area contributed by atoms with Crippen LogP contribution in [-0.2, 0) is 23.5 Å². The summed E-state index contributed by atoms with van der Waals surface area (Å²) in [7, 11) is -1.56. The fraction of sp³-hybridized carbons (Fsp3) is 0.385. The van der Waals surface area contributed by atoms with Crippen molar-refractivity contribution in [1.29, 1.82) is 0 Å². The van der Waals surface area contributed by atoms with Gasteiger partial charge in [-0.25, -0.2) is 13.1 Å². The number of rotatable bonds is 5. The zero-order valence-electron chi connectivity index (χ0n) is 12.6. The standard InChI is InChI=1S/C13H15N5O3S2/c1-17-13(14-15-16-17)22-8-12(19)10-3-4-11-9(7-10)5-6-18(11)23(2,20)21/h3-4,7H,5-6,8H2,1-2H3. The Bertz CT molecular complexity index is 862. The van der Waals surface area contributed by atoms with Gasteiger partial charge in [-0.15, -0.1) is 5.10 Å². The number of hydrogen-bond acceptors (Lipinski definition) is 7. The van der Waals surface area contributed by atoms with Crippen molar-refractivity contribution in [2.24, 2.45) is 7.05 Å². The van der Waals surface area contributed by atoms with Crippen LogP contribution in [0.4, 0.5) is 5.69 Å². The Morgan fingerprint density at radius 3 is 2.83 bits per heavy atom. The third-order valence-corrected chi connectivity index (χ3v) is 5.76. The predicted octanol–water partition coefficient (Wildman–Crippen LogP) is 0.507. The molecule has 0 unspecified atom stereocenters. The number of hydrogen-bond donors (Lipinski definition) is 0. The molecule has 1 aromatic carbocycles. The van der Waals surface area contributed by atoms with Crippen molar-refractivity contribution in [3.8, 4) is 0 Å². The molecule has 0 saturated carbocycles. The summed E-state index contributed by atoms with van der Waals surface area (Å²) in [5.74, 6) is 0.182. The summed E-state index contributed by atoms with van der Waals surface area (Å²) in [6.45, 7) is 0.422. The maximum absolute atomic E-state index is 12.3. The molecule has 0 saturated heterocycles. The average Bonchev–Trinajstić information content (AvgIpc) is 3.09. The Labute approximate surface area is 137 Å². The van der Waals surface area contributed by atoms with Gasteiger partial charge in [0.1, 0.15) is 0 Å². The van der Waals surface area contributed by atoms with Crippen molar-refractivity contribution in [3.05, 3.63) is 29.3 Å². The van der Waals surface area contributed by atoms with Crippen LogP contribution in [-0.4, -0.2) is 53.0 Å². The van der Waals surface area contributed by atoms with Crippen LogP contribution in [0.3, 0.4) is 0 Å². The van der Waals surface area contributed by atoms with Crippen molar-refractivity contribution < 1.29 is 13.2 Å². The lowest BCUT2D eigenvalue weighted by Crippen LogP contribution is -2.27. The number of benzene rings is 1. The second-order valence-corrected chi connectivity index (χ2v) is 8.07. The molecule has 0 N–H and O–H groups in total. The Balaban J connectivity index is 1.75. The van der Waals surface area contributed by atoms with E-state index in [4.69, 9.17) is 0 Å². The minimum Gasteiger partial charge on any atom is -0.293 e. The number of sulfonamides is 1. The minimum absolute atomic E-state index is 0.0430. The summed E-state index contributed by atoms with van der Waals surface area (Å²) < 4.78 is 26.3. The molecule has 23 heavy (non-hydrogen) atoms. The van der Waals surface area contributed by atoms with Gasteiger partial charge in [0, 0.05) is 19.2 Å². The molecule has 0 aliphatic carbocycles. The van der Waals surface area contributed by atoms with Crippen LogP contribution in [0.25, 0.3) is 0 Å². The van der Waals surface area contributed by atoms with Gasteiger partial charge in [-0.1, -0.05) is 11.8 Å². The van der Waals surface area contributed by atoms with Crippen LogP contribution < -0.4 is 4.31 Å². The van der Waals surface area contributed by atoms with E-state index in [0.717, 1.165) is 5.56 Å². The molecule has 0 fully saturated rings. The number of ketones is 1. The number of anilines is 1. The van der Waals surface area contributed by atoms with Gasteiger partial charge in [-0.3, -0.25) is 9.10 Å². The molecule has 122 valence electrons. The van der Waals surface area contributed by atoms with Gasteiger partial charge in [-0.2, -0.15) is 0 Å². The monoisotopic (exact) mass is 353 g/mol. The lowest BCUT2D eigenvalue weighted by molar-refractivity contribution is 0.102. The molecule has 8 nitrogen and oxygen atoms in total. The molecule has 1 aliphatic heterocycles. The molecule has 0 bridgehead atoms. The van der Waals surface area contributed by atoms with Crippen molar-refractivity contribution in [2.75, 3.05) is 22.9 Å². The molecule has 1 aliphatic rings. The van der Waals surface area contributed by atoms with E-state index in [-0.39, 0.29) is 11.5 Å². The molecule has 0 atom stereocenters. The molecule has 2 aromatic rings.